The Kier molecular flexibility index (Phi) is 6.69. The second-order valence-corrected chi connectivity index (χ2v) is 12.1. The molecule has 20 heavy (non-hydrogen) atoms. The van der Waals surface area contributed by atoms with Crippen LogP contribution in [0.1, 0.15) is 11.1 Å². The molecule has 4 nitrogen and oxygen atoms in total. The fourth-order valence-electron chi connectivity index (χ4n) is 1.48. The maximum atomic E-state index is 9.24. The molecule has 110 valence electrons. The van der Waals surface area contributed by atoms with Gasteiger partial charge in [0.05, 0.1) is 22.7 Å². The fraction of sp³-hybridized carbons (Fsp3) is 0.500. The molecule has 0 amide bonds. The molecular formula is C14H20BrNO3Si. The van der Waals surface area contributed by atoms with E-state index in [4.69, 9.17) is 14.7 Å². The van der Waals surface area contributed by atoms with E-state index in [9.17, 15) is 5.11 Å². The number of hydrogen-bond acceptors (Lipinski definition) is 4. The lowest BCUT2D eigenvalue weighted by atomic mass is 10.1. The van der Waals surface area contributed by atoms with Crippen LogP contribution in [-0.2, 0) is 11.3 Å². The molecule has 0 spiro atoms. The van der Waals surface area contributed by atoms with Gasteiger partial charge < -0.3 is 14.6 Å². The van der Waals surface area contributed by atoms with Crippen LogP contribution in [0.3, 0.4) is 0 Å². The van der Waals surface area contributed by atoms with Crippen molar-refractivity contribution in [2.75, 3.05) is 13.4 Å². The molecule has 0 aliphatic rings. The van der Waals surface area contributed by atoms with E-state index in [0.29, 0.717) is 28.0 Å². The number of nitrogens with zero attached hydrogens (tertiary/aromatic N) is 1. The first-order valence-corrected chi connectivity index (χ1v) is 10.9. The SMILES string of the molecule is C[Si](C)(C)CCOCOc1cc(C#N)cc(CO)c1Br. The van der Waals surface area contributed by atoms with Gasteiger partial charge in [0.2, 0.25) is 0 Å². The van der Waals surface area contributed by atoms with Gasteiger partial charge in [-0.1, -0.05) is 19.6 Å². The van der Waals surface area contributed by atoms with Crippen molar-refractivity contribution in [3.05, 3.63) is 27.7 Å². The number of hydrogen-bond donors (Lipinski definition) is 1. The summed E-state index contributed by atoms with van der Waals surface area (Å²) in [4.78, 5) is 0. The highest BCUT2D eigenvalue weighted by atomic mass is 79.9. The smallest absolute Gasteiger partial charge is 0.189 e. The second kappa shape index (κ2) is 7.79. The molecule has 0 aromatic heterocycles. The monoisotopic (exact) mass is 357 g/mol. The summed E-state index contributed by atoms with van der Waals surface area (Å²) < 4.78 is 11.6. The van der Waals surface area contributed by atoms with Crippen molar-refractivity contribution in [3.8, 4) is 11.8 Å². The summed E-state index contributed by atoms with van der Waals surface area (Å²) in [7, 11) is -1.09. The van der Waals surface area contributed by atoms with E-state index in [-0.39, 0.29) is 13.4 Å². The van der Waals surface area contributed by atoms with Crippen LogP contribution in [0.25, 0.3) is 0 Å². The number of ether oxygens (including phenoxy) is 2. The average molecular weight is 358 g/mol. The summed E-state index contributed by atoms with van der Waals surface area (Å²) in [5.74, 6) is 0.515. The summed E-state index contributed by atoms with van der Waals surface area (Å²) in [6.45, 7) is 7.54. The Hall–Kier alpha value is -0.873. The highest BCUT2D eigenvalue weighted by molar-refractivity contribution is 9.10. The van der Waals surface area contributed by atoms with Crippen LogP contribution in [0.15, 0.2) is 16.6 Å². The number of aliphatic hydroxyl groups excluding tert-OH is 1. The third-order valence-corrected chi connectivity index (χ3v) is 5.31. The van der Waals surface area contributed by atoms with Gasteiger partial charge in [-0.2, -0.15) is 5.26 Å². The van der Waals surface area contributed by atoms with Crippen molar-refractivity contribution in [1.82, 2.24) is 0 Å². The predicted molar refractivity (Wildman–Crippen MR) is 84.4 cm³/mol. The summed E-state index contributed by atoms with van der Waals surface area (Å²) in [6.07, 6.45) is 0. The second-order valence-electron chi connectivity index (χ2n) is 5.70. The molecular weight excluding hydrogens is 338 g/mol. The van der Waals surface area contributed by atoms with Gasteiger partial charge in [-0.25, -0.2) is 0 Å². The molecule has 1 rings (SSSR count). The van der Waals surface area contributed by atoms with Crippen LogP contribution in [-0.4, -0.2) is 26.6 Å². The molecule has 0 heterocycles. The fourth-order valence-corrected chi connectivity index (χ4v) is 2.71. The quantitative estimate of drug-likeness (QED) is 0.460. The van der Waals surface area contributed by atoms with Gasteiger partial charge in [-0.3, -0.25) is 0 Å². The lowest BCUT2D eigenvalue weighted by molar-refractivity contribution is 0.0215. The predicted octanol–water partition coefficient (Wildman–Crippen LogP) is 3.50. The van der Waals surface area contributed by atoms with Gasteiger partial charge in [0.25, 0.3) is 0 Å². The van der Waals surface area contributed by atoms with E-state index < -0.39 is 8.07 Å². The van der Waals surface area contributed by atoms with E-state index in [1.807, 2.05) is 6.07 Å². The zero-order valence-electron chi connectivity index (χ0n) is 12.1. The summed E-state index contributed by atoms with van der Waals surface area (Å²) >= 11 is 3.36. The molecule has 1 aromatic rings. The number of halogens is 1. The summed E-state index contributed by atoms with van der Waals surface area (Å²) in [5.41, 5.74) is 1.08. The third-order valence-electron chi connectivity index (χ3n) is 2.71. The average Bonchev–Trinajstić information content (AvgIpc) is 2.38. The van der Waals surface area contributed by atoms with E-state index >= 15 is 0 Å². The Morgan fingerprint density at radius 3 is 2.60 bits per heavy atom. The molecule has 0 aliphatic carbocycles. The first-order valence-electron chi connectivity index (χ1n) is 6.41. The van der Waals surface area contributed by atoms with E-state index in [0.717, 1.165) is 6.04 Å². The Balaban J connectivity index is 2.58. The maximum absolute atomic E-state index is 9.24. The Morgan fingerprint density at radius 2 is 2.05 bits per heavy atom. The minimum atomic E-state index is -1.09. The third kappa shape index (κ3) is 5.63. The van der Waals surface area contributed by atoms with Crippen LogP contribution in [0.4, 0.5) is 0 Å². The van der Waals surface area contributed by atoms with Crippen LogP contribution in [0.5, 0.6) is 5.75 Å². The lowest BCUT2D eigenvalue weighted by Gasteiger charge is -2.16. The van der Waals surface area contributed by atoms with Crippen LogP contribution in [0.2, 0.25) is 25.7 Å². The highest BCUT2D eigenvalue weighted by Crippen LogP contribution is 2.30. The topological polar surface area (TPSA) is 62.5 Å². The van der Waals surface area contributed by atoms with Gasteiger partial charge in [0, 0.05) is 14.7 Å². The largest absolute Gasteiger partial charge is 0.466 e. The van der Waals surface area contributed by atoms with E-state index in [1.165, 1.54) is 0 Å². The van der Waals surface area contributed by atoms with Crippen molar-refractivity contribution in [2.24, 2.45) is 0 Å². The minimum absolute atomic E-state index is 0.142. The highest BCUT2D eigenvalue weighted by Gasteiger charge is 2.13. The number of benzene rings is 1. The van der Waals surface area contributed by atoms with Crippen molar-refractivity contribution in [2.45, 2.75) is 32.3 Å². The van der Waals surface area contributed by atoms with Crippen molar-refractivity contribution >= 4 is 24.0 Å². The lowest BCUT2D eigenvalue weighted by Crippen LogP contribution is -2.22. The van der Waals surface area contributed by atoms with Crippen LogP contribution < -0.4 is 4.74 Å². The summed E-state index contributed by atoms with van der Waals surface area (Å²) in [6, 6.07) is 6.38. The molecule has 0 fully saturated rings. The van der Waals surface area contributed by atoms with Crippen molar-refractivity contribution < 1.29 is 14.6 Å². The Morgan fingerprint density at radius 1 is 1.35 bits per heavy atom. The number of nitriles is 1. The number of rotatable bonds is 7. The van der Waals surface area contributed by atoms with Crippen LogP contribution in [0, 0.1) is 11.3 Å². The standard InChI is InChI=1S/C14H20BrNO3Si/c1-20(2,3)5-4-18-10-19-13-7-11(8-16)6-12(9-17)14(13)15/h6-7,17H,4-5,9-10H2,1-3H3. The van der Waals surface area contributed by atoms with Gasteiger partial charge in [-0.05, 0) is 39.7 Å². The Bertz CT molecular complexity index is 494. The molecule has 0 aliphatic heterocycles. The molecule has 0 bridgehead atoms. The zero-order valence-corrected chi connectivity index (χ0v) is 14.7. The van der Waals surface area contributed by atoms with E-state index in [2.05, 4.69) is 35.6 Å². The summed E-state index contributed by atoms with van der Waals surface area (Å²) in [5, 5.41) is 18.2. The first-order chi connectivity index (χ1) is 9.37. The molecule has 1 aromatic carbocycles. The zero-order chi connectivity index (χ0) is 15.2. The van der Waals surface area contributed by atoms with Crippen molar-refractivity contribution in [1.29, 1.82) is 5.26 Å². The molecule has 0 saturated heterocycles. The molecule has 0 atom stereocenters. The molecule has 0 radical (unpaired) electrons. The molecule has 1 N–H and O–H groups in total. The van der Waals surface area contributed by atoms with Crippen molar-refractivity contribution in [3.63, 3.8) is 0 Å². The number of aliphatic hydroxyl groups is 1. The van der Waals surface area contributed by atoms with Gasteiger partial charge in [0.1, 0.15) is 5.75 Å². The Labute approximate surface area is 129 Å². The van der Waals surface area contributed by atoms with Gasteiger partial charge >= 0.3 is 0 Å². The van der Waals surface area contributed by atoms with Gasteiger partial charge in [0.15, 0.2) is 6.79 Å². The molecule has 0 saturated carbocycles. The first kappa shape index (κ1) is 17.2. The van der Waals surface area contributed by atoms with Gasteiger partial charge in [-0.15, -0.1) is 0 Å². The molecule has 6 heteroatoms. The van der Waals surface area contributed by atoms with Crippen LogP contribution >= 0.6 is 15.9 Å². The normalized spacial score (nSPS) is 11.2. The maximum Gasteiger partial charge on any atom is 0.189 e. The molecule has 0 unspecified atom stereocenters. The minimum Gasteiger partial charge on any atom is -0.466 e. The van der Waals surface area contributed by atoms with E-state index in [1.54, 1.807) is 12.1 Å².